The molecule has 3 rings (SSSR count). The van der Waals surface area contributed by atoms with Gasteiger partial charge in [-0.05, 0) is 63.3 Å². The second-order valence-corrected chi connectivity index (χ2v) is 9.47. The van der Waals surface area contributed by atoms with Crippen molar-refractivity contribution in [1.29, 1.82) is 0 Å². The lowest BCUT2D eigenvalue weighted by atomic mass is 10.1. The quantitative estimate of drug-likeness (QED) is 0.867. The molecular formula is C19H29N3O3S. The molecule has 2 heterocycles. The van der Waals surface area contributed by atoms with Crippen LogP contribution in [-0.2, 0) is 10.0 Å². The van der Waals surface area contributed by atoms with Crippen molar-refractivity contribution in [2.75, 3.05) is 26.2 Å². The second kappa shape index (κ2) is 7.66. The predicted octanol–water partition coefficient (Wildman–Crippen LogP) is 1.98. The van der Waals surface area contributed by atoms with E-state index in [-0.39, 0.29) is 16.8 Å². The summed E-state index contributed by atoms with van der Waals surface area (Å²) in [6, 6.07) is 4.92. The Balaban J connectivity index is 1.89. The third-order valence-corrected chi connectivity index (χ3v) is 7.70. The number of carbonyl (C=O) groups is 1. The monoisotopic (exact) mass is 379 g/mol. The van der Waals surface area contributed by atoms with Crippen LogP contribution in [0.3, 0.4) is 0 Å². The first-order valence-electron chi connectivity index (χ1n) is 9.46. The van der Waals surface area contributed by atoms with Gasteiger partial charge in [-0.25, -0.2) is 8.42 Å². The largest absolute Gasteiger partial charge is 0.338 e. The van der Waals surface area contributed by atoms with Gasteiger partial charge in [0.15, 0.2) is 0 Å². The molecule has 2 N–H and O–H groups in total. The minimum absolute atomic E-state index is 0.00176. The Hall–Kier alpha value is -1.44. The summed E-state index contributed by atoms with van der Waals surface area (Å²) < 4.78 is 27.8. The number of aryl methyl sites for hydroxylation is 1. The molecular weight excluding hydrogens is 350 g/mol. The summed E-state index contributed by atoms with van der Waals surface area (Å²) in [6.45, 7) is 6.25. The van der Waals surface area contributed by atoms with Crippen molar-refractivity contribution < 1.29 is 13.2 Å². The van der Waals surface area contributed by atoms with Gasteiger partial charge in [0.05, 0.1) is 4.90 Å². The first-order valence-corrected chi connectivity index (χ1v) is 10.9. The van der Waals surface area contributed by atoms with Gasteiger partial charge in [-0.3, -0.25) is 4.79 Å². The lowest BCUT2D eigenvalue weighted by molar-refractivity contribution is 0.0786. The summed E-state index contributed by atoms with van der Waals surface area (Å²) in [7, 11) is -3.58. The molecule has 2 saturated heterocycles. The third kappa shape index (κ3) is 3.66. The summed E-state index contributed by atoms with van der Waals surface area (Å²) in [5.41, 5.74) is 7.00. The van der Waals surface area contributed by atoms with Crippen LogP contribution in [0.1, 0.15) is 48.5 Å². The highest BCUT2D eigenvalue weighted by Gasteiger charge is 2.32. The maximum absolute atomic E-state index is 13.1. The number of benzene rings is 1. The average molecular weight is 380 g/mol. The normalized spacial score (nSPS) is 24.8. The molecule has 1 aromatic carbocycles. The maximum Gasteiger partial charge on any atom is 0.254 e. The number of sulfonamides is 1. The minimum Gasteiger partial charge on any atom is -0.338 e. The van der Waals surface area contributed by atoms with Crippen LogP contribution in [-0.4, -0.2) is 55.8 Å². The molecule has 0 aliphatic carbocycles. The van der Waals surface area contributed by atoms with Gasteiger partial charge < -0.3 is 10.6 Å². The number of piperidine rings is 1. The fourth-order valence-corrected chi connectivity index (χ4v) is 5.66. The Morgan fingerprint density at radius 3 is 2.65 bits per heavy atom. The van der Waals surface area contributed by atoms with Crippen molar-refractivity contribution in [3.05, 3.63) is 29.3 Å². The summed E-state index contributed by atoms with van der Waals surface area (Å²) in [5.74, 6) is 0.238. The molecule has 2 unspecified atom stereocenters. The zero-order valence-electron chi connectivity index (χ0n) is 15.6. The molecule has 2 aliphatic rings. The van der Waals surface area contributed by atoms with E-state index in [9.17, 15) is 13.2 Å². The smallest absolute Gasteiger partial charge is 0.254 e. The molecule has 6 nitrogen and oxygen atoms in total. The fourth-order valence-electron chi connectivity index (χ4n) is 3.94. The van der Waals surface area contributed by atoms with Crippen LogP contribution >= 0.6 is 0 Å². The van der Waals surface area contributed by atoms with Gasteiger partial charge in [-0.2, -0.15) is 4.31 Å². The highest BCUT2D eigenvalue weighted by atomic mass is 32.2. The summed E-state index contributed by atoms with van der Waals surface area (Å²) in [5, 5.41) is 0. The van der Waals surface area contributed by atoms with E-state index in [1.54, 1.807) is 27.4 Å². The van der Waals surface area contributed by atoms with E-state index in [0.29, 0.717) is 37.7 Å². The lowest BCUT2D eigenvalue weighted by Gasteiger charge is -2.32. The molecule has 0 bridgehead atoms. The maximum atomic E-state index is 13.1. The van der Waals surface area contributed by atoms with E-state index >= 15 is 0 Å². The molecule has 0 saturated carbocycles. The molecule has 144 valence electrons. The molecule has 0 spiro atoms. The van der Waals surface area contributed by atoms with Crippen molar-refractivity contribution in [3.63, 3.8) is 0 Å². The van der Waals surface area contributed by atoms with Gasteiger partial charge in [-0.15, -0.1) is 0 Å². The van der Waals surface area contributed by atoms with Crippen LogP contribution in [0.25, 0.3) is 0 Å². The molecule has 7 heteroatoms. The average Bonchev–Trinajstić information content (AvgIpc) is 3.11. The van der Waals surface area contributed by atoms with Gasteiger partial charge in [0, 0.05) is 31.2 Å². The van der Waals surface area contributed by atoms with Crippen LogP contribution in [0.15, 0.2) is 23.1 Å². The Bertz CT molecular complexity index is 778. The minimum atomic E-state index is -3.58. The van der Waals surface area contributed by atoms with E-state index in [4.69, 9.17) is 5.73 Å². The number of carbonyl (C=O) groups excluding carboxylic acids is 1. The molecule has 26 heavy (non-hydrogen) atoms. The Kier molecular flexibility index (Phi) is 5.69. The SMILES string of the molecule is Cc1ccc(S(=O)(=O)N2CCCCC2C)cc1C(=O)N1CCC(CN)C1. The molecule has 0 radical (unpaired) electrons. The van der Waals surface area contributed by atoms with Gasteiger partial charge in [0.1, 0.15) is 0 Å². The first kappa shape index (κ1) is 19.3. The summed E-state index contributed by atoms with van der Waals surface area (Å²) in [4.78, 5) is 14.9. The number of likely N-dealkylation sites (tertiary alicyclic amines) is 1. The number of hydrogen-bond acceptors (Lipinski definition) is 4. The highest BCUT2D eigenvalue weighted by molar-refractivity contribution is 7.89. The first-order chi connectivity index (χ1) is 12.3. The number of rotatable bonds is 4. The van der Waals surface area contributed by atoms with Crippen molar-refractivity contribution in [1.82, 2.24) is 9.21 Å². The van der Waals surface area contributed by atoms with Crippen molar-refractivity contribution in [3.8, 4) is 0 Å². The molecule has 0 aromatic heterocycles. The standard InChI is InChI=1S/C19H29N3O3S/c1-14-6-7-17(26(24,25)22-9-4-3-5-15(22)2)11-18(14)19(23)21-10-8-16(12-20)13-21/h6-7,11,15-16H,3-5,8-10,12-13,20H2,1-2H3. The Morgan fingerprint density at radius 1 is 1.23 bits per heavy atom. The Labute approximate surface area is 156 Å². The zero-order chi connectivity index (χ0) is 18.9. The predicted molar refractivity (Wildman–Crippen MR) is 101 cm³/mol. The molecule has 1 aromatic rings. The van der Waals surface area contributed by atoms with Crippen molar-refractivity contribution >= 4 is 15.9 Å². The van der Waals surface area contributed by atoms with Gasteiger partial charge >= 0.3 is 0 Å². The van der Waals surface area contributed by atoms with Crippen molar-refractivity contribution in [2.24, 2.45) is 11.7 Å². The summed E-state index contributed by atoms with van der Waals surface area (Å²) >= 11 is 0. The van der Waals surface area contributed by atoms with Gasteiger partial charge in [0.2, 0.25) is 10.0 Å². The lowest BCUT2D eigenvalue weighted by Crippen LogP contribution is -2.42. The number of nitrogens with zero attached hydrogens (tertiary/aromatic N) is 2. The van der Waals surface area contributed by atoms with Crippen LogP contribution in [0.5, 0.6) is 0 Å². The van der Waals surface area contributed by atoms with Crippen LogP contribution in [0.4, 0.5) is 0 Å². The fraction of sp³-hybridized carbons (Fsp3) is 0.632. The molecule has 2 fully saturated rings. The van der Waals surface area contributed by atoms with E-state index in [1.165, 1.54) is 0 Å². The van der Waals surface area contributed by atoms with E-state index in [0.717, 1.165) is 31.2 Å². The van der Waals surface area contributed by atoms with Crippen LogP contribution in [0, 0.1) is 12.8 Å². The van der Waals surface area contributed by atoms with E-state index < -0.39 is 10.0 Å². The highest BCUT2D eigenvalue weighted by Crippen LogP contribution is 2.27. The van der Waals surface area contributed by atoms with Gasteiger partial charge in [-0.1, -0.05) is 12.5 Å². The van der Waals surface area contributed by atoms with Gasteiger partial charge in [0.25, 0.3) is 5.91 Å². The molecule has 2 aliphatic heterocycles. The molecule has 1 amide bonds. The Morgan fingerprint density at radius 2 is 2.00 bits per heavy atom. The summed E-state index contributed by atoms with van der Waals surface area (Å²) in [6.07, 6.45) is 3.73. The number of amides is 1. The van der Waals surface area contributed by atoms with Crippen LogP contribution in [0.2, 0.25) is 0 Å². The number of hydrogen-bond donors (Lipinski definition) is 1. The molecule has 2 atom stereocenters. The topological polar surface area (TPSA) is 83.7 Å². The second-order valence-electron chi connectivity index (χ2n) is 7.58. The van der Waals surface area contributed by atoms with E-state index in [1.807, 2.05) is 13.8 Å². The van der Waals surface area contributed by atoms with Crippen LogP contribution < -0.4 is 5.73 Å². The number of nitrogens with two attached hydrogens (primary N) is 1. The third-order valence-electron chi connectivity index (χ3n) is 5.69. The zero-order valence-corrected chi connectivity index (χ0v) is 16.5. The van der Waals surface area contributed by atoms with Crippen molar-refractivity contribution in [2.45, 2.75) is 50.5 Å². The van der Waals surface area contributed by atoms with E-state index in [2.05, 4.69) is 0 Å².